The van der Waals surface area contributed by atoms with Crippen LogP contribution in [0.25, 0.3) is 0 Å². The second kappa shape index (κ2) is 4.50. The van der Waals surface area contributed by atoms with Crippen LogP contribution in [0.3, 0.4) is 0 Å². The van der Waals surface area contributed by atoms with Gasteiger partial charge in [0.05, 0.1) is 6.54 Å². The molecule has 0 aromatic carbocycles. The number of nitrogens with zero attached hydrogens (tertiary/aromatic N) is 1. The van der Waals surface area contributed by atoms with E-state index in [1.807, 2.05) is 0 Å². The smallest absolute Gasteiger partial charge is 0.255 e. The second-order valence-electron chi connectivity index (χ2n) is 3.83. The fraction of sp³-hybridized carbons (Fsp3) is 0.875. The van der Waals surface area contributed by atoms with E-state index in [0.29, 0.717) is 0 Å². The van der Waals surface area contributed by atoms with Crippen LogP contribution < -0.4 is 5.73 Å². The van der Waals surface area contributed by atoms with Gasteiger partial charge in [-0.3, -0.25) is 4.79 Å². The highest BCUT2D eigenvalue weighted by atomic mass is 19.3. The Morgan fingerprint density at radius 1 is 1.54 bits per heavy atom. The molecule has 0 aliphatic carbocycles. The topological polar surface area (TPSA) is 46.3 Å². The first kappa shape index (κ1) is 12.3. The lowest BCUT2D eigenvalue weighted by Crippen LogP contribution is -2.41. The molecule has 78 valence electrons. The first-order chi connectivity index (χ1) is 5.72. The van der Waals surface area contributed by atoms with Crippen LogP contribution in [-0.2, 0) is 4.79 Å². The van der Waals surface area contributed by atoms with Gasteiger partial charge in [-0.25, -0.2) is 8.78 Å². The standard InChI is InChI=1S/C8H16F2N2O/c1-8(2,11)4-7(13)12(3)5-6(9)10/h6H,4-5,11H2,1-3H3. The van der Waals surface area contributed by atoms with E-state index in [4.69, 9.17) is 5.73 Å². The molecular weight excluding hydrogens is 178 g/mol. The highest BCUT2D eigenvalue weighted by Crippen LogP contribution is 2.07. The van der Waals surface area contributed by atoms with Crippen molar-refractivity contribution in [3.8, 4) is 0 Å². The van der Waals surface area contributed by atoms with Crippen molar-refractivity contribution in [3.63, 3.8) is 0 Å². The number of nitrogens with two attached hydrogens (primary N) is 1. The summed E-state index contributed by atoms with van der Waals surface area (Å²) in [5.41, 5.74) is 4.92. The number of hydrogen-bond donors (Lipinski definition) is 1. The largest absolute Gasteiger partial charge is 0.340 e. The lowest BCUT2D eigenvalue weighted by Gasteiger charge is -2.22. The summed E-state index contributed by atoms with van der Waals surface area (Å²) in [5, 5.41) is 0. The third-order valence-electron chi connectivity index (χ3n) is 1.44. The zero-order valence-electron chi connectivity index (χ0n) is 8.18. The summed E-state index contributed by atoms with van der Waals surface area (Å²) >= 11 is 0. The summed E-state index contributed by atoms with van der Waals surface area (Å²) in [4.78, 5) is 12.2. The van der Waals surface area contributed by atoms with Crippen molar-refractivity contribution in [2.75, 3.05) is 13.6 Å². The predicted molar refractivity (Wildman–Crippen MR) is 46.5 cm³/mol. The van der Waals surface area contributed by atoms with Gasteiger partial charge in [0.15, 0.2) is 0 Å². The monoisotopic (exact) mass is 194 g/mol. The number of hydrogen-bond acceptors (Lipinski definition) is 2. The van der Waals surface area contributed by atoms with Crippen LogP contribution in [0.5, 0.6) is 0 Å². The molecule has 0 atom stereocenters. The van der Waals surface area contributed by atoms with Gasteiger partial charge < -0.3 is 10.6 Å². The van der Waals surface area contributed by atoms with Gasteiger partial charge in [0.1, 0.15) is 0 Å². The lowest BCUT2D eigenvalue weighted by molar-refractivity contribution is -0.132. The molecule has 0 fully saturated rings. The van der Waals surface area contributed by atoms with Crippen LogP contribution in [0.2, 0.25) is 0 Å². The van der Waals surface area contributed by atoms with E-state index in [0.717, 1.165) is 4.90 Å². The van der Waals surface area contributed by atoms with Crippen molar-refractivity contribution in [2.45, 2.75) is 32.2 Å². The third-order valence-corrected chi connectivity index (χ3v) is 1.44. The molecule has 0 saturated carbocycles. The minimum atomic E-state index is -2.49. The van der Waals surface area contributed by atoms with E-state index in [2.05, 4.69) is 0 Å². The molecule has 0 aliphatic rings. The second-order valence-corrected chi connectivity index (χ2v) is 3.83. The summed E-state index contributed by atoms with van der Waals surface area (Å²) in [6.07, 6.45) is -2.41. The molecule has 13 heavy (non-hydrogen) atoms. The van der Waals surface area contributed by atoms with Crippen LogP contribution in [0.4, 0.5) is 8.78 Å². The summed E-state index contributed by atoms with van der Waals surface area (Å²) in [5.74, 6) is -0.354. The molecule has 0 rings (SSSR count). The van der Waals surface area contributed by atoms with Crippen LogP contribution >= 0.6 is 0 Å². The van der Waals surface area contributed by atoms with Gasteiger partial charge in [-0.2, -0.15) is 0 Å². The molecule has 2 N–H and O–H groups in total. The predicted octanol–water partition coefficient (Wildman–Crippen LogP) is 0.837. The van der Waals surface area contributed by atoms with Gasteiger partial charge in [0.25, 0.3) is 6.43 Å². The third kappa shape index (κ3) is 6.45. The van der Waals surface area contributed by atoms with Crippen molar-refractivity contribution in [1.82, 2.24) is 4.90 Å². The fourth-order valence-electron chi connectivity index (χ4n) is 0.834. The number of carbonyl (C=O) groups excluding carboxylic acids is 1. The SMILES string of the molecule is CN(CC(F)F)C(=O)CC(C)(C)N. The van der Waals surface area contributed by atoms with Gasteiger partial charge in [-0.05, 0) is 13.8 Å². The highest BCUT2D eigenvalue weighted by Gasteiger charge is 2.20. The normalized spacial score (nSPS) is 11.9. The quantitative estimate of drug-likeness (QED) is 0.720. The van der Waals surface area contributed by atoms with Crippen molar-refractivity contribution in [2.24, 2.45) is 5.73 Å². The molecular formula is C8H16F2N2O. The number of amides is 1. The van der Waals surface area contributed by atoms with Crippen LogP contribution in [0.15, 0.2) is 0 Å². The van der Waals surface area contributed by atoms with Crippen LogP contribution in [0.1, 0.15) is 20.3 Å². The molecule has 0 aromatic rings. The maximum atomic E-state index is 11.9. The van der Waals surface area contributed by atoms with E-state index in [9.17, 15) is 13.6 Å². The summed E-state index contributed by atoms with van der Waals surface area (Å²) in [7, 11) is 1.35. The molecule has 0 heterocycles. The Hall–Kier alpha value is -0.710. The summed E-state index contributed by atoms with van der Waals surface area (Å²) in [6.45, 7) is 2.83. The van der Waals surface area contributed by atoms with Crippen molar-refractivity contribution >= 4 is 5.91 Å². The molecule has 0 bridgehead atoms. The van der Waals surface area contributed by atoms with Gasteiger partial charge in [-0.1, -0.05) is 0 Å². The minimum absolute atomic E-state index is 0.0796. The fourth-order valence-corrected chi connectivity index (χ4v) is 0.834. The average molecular weight is 194 g/mol. The zero-order chi connectivity index (χ0) is 10.6. The minimum Gasteiger partial charge on any atom is -0.340 e. The maximum absolute atomic E-state index is 11.9. The van der Waals surface area contributed by atoms with Gasteiger partial charge in [-0.15, -0.1) is 0 Å². The number of rotatable bonds is 4. The van der Waals surface area contributed by atoms with Crippen LogP contribution in [-0.4, -0.2) is 36.4 Å². The summed E-state index contributed by atoms with van der Waals surface area (Å²) < 4.78 is 23.7. The van der Waals surface area contributed by atoms with Gasteiger partial charge in [0, 0.05) is 19.0 Å². The molecule has 0 unspecified atom stereocenters. The Balaban J connectivity index is 3.97. The average Bonchev–Trinajstić information content (AvgIpc) is 1.81. The first-order valence-corrected chi connectivity index (χ1v) is 4.03. The van der Waals surface area contributed by atoms with Crippen LogP contribution in [0, 0.1) is 0 Å². The molecule has 1 amide bonds. The number of carbonyl (C=O) groups is 1. The molecule has 3 nitrogen and oxygen atoms in total. The van der Waals surface area contributed by atoms with E-state index in [1.54, 1.807) is 13.8 Å². The van der Waals surface area contributed by atoms with Crippen molar-refractivity contribution in [3.05, 3.63) is 0 Å². The Bertz CT molecular complexity index is 177. The maximum Gasteiger partial charge on any atom is 0.255 e. The van der Waals surface area contributed by atoms with E-state index in [1.165, 1.54) is 7.05 Å². The highest BCUT2D eigenvalue weighted by molar-refractivity contribution is 5.77. The van der Waals surface area contributed by atoms with Crippen molar-refractivity contribution < 1.29 is 13.6 Å². The Morgan fingerprint density at radius 2 is 2.00 bits per heavy atom. The number of halogens is 2. The van der Waals surface area contributed by atoms with E-state index < -0.39 is 18.5 Å². The van der Waals surface area contributed by atoms with Gasteiger partial charge in [0.2, 0.25) is 5.91 Å². The number of alkyl halides is 2. The summed E-state index contributed by atoms with van der Waals surface area (Å²) in [6, 6.07) is 0. The Labute approximate surface area is 76.9 Å². The molecule has 5 heteroatoms. The zero-order valence-corrected chi connectivity index (χ0v) is 8.18. The van der Waals surface area contributed by atoms with E-state index in [-0.39, 0.29) is 12.3 Å². The lowest BCUT2D eigenvalue weighted by atomic mass is 10.0. The van der Waals surface area contributed by atoms with Gasteiger partial charge >= 0.3 is 0 Å². The van der Waals surface area contributed by atoms with E-state index >= 15 is 0 Å². The van der Waals surface area contributed by atoms with Crippen molar-refractivity contribution in [1.29, 1.82) is 0 Å². The Kier molecular flexibility index (Phi) is 4.26. The first-order valence-electron chi connectivity index (χ1n) is 4.03. The molecule has 0 spiro atoms. The molecule has 0 saturated heterocycles. The molecule has 0 aliphatic heterocycles. The molecule has 0 radical (unpaired) electrons. The molecule has 0 aromatic heterocycles. The Morgan fingerprint density at radius 3 is 2.31 bits per heavy atom.